The van der Waals surface area contributed by atoms with Gasteiger partial charge < -0.3 is 19.4 Å². The fraction of sp³-hybridized carbons (Fsp3) is 0.150. The van der Waals surface area contributed by atoms with Gasteiger partial charge in [0.15, 0.2) is 0 Å². The molecule has 240 valence electrons. The SMILES string of the molecule is COc1c[c-]c(-c2nccc(SC)c2C)c(-c2ccccc2)c1.COc1c[c-]c(-c2nccc(SC)c2C)c(-c2ccccc2)c1.[Pt+2]. The van der Waals surface area contributed by atoms with Gasteiger partial charge in [-0.15, -0.1) is 58.9 Å². The van der Waals surface area contributed by atoms with Crippen molar-refractivity contribution in [2.45, 2.75) is 23.6 Å². The molecule has 0 saturated heterocycles. The van der Waals surface area contributed by atoms with Gasteiger partial charge in [-0.3, -0.25) is 0 Å². The first kappa shape index (κ1) is 36.0. The predicted octanol–water partition coefficient (Wildman–Crippen LogP) is 10.5. The van der Waals surface area contributed by atoms with Crippen LogP contribution in [0.15, 0.2) is 119 Å². The number of thioether (sulfide) groups is 2. The maximum absolute atomic E-state index is 5.39. The zero-order valence-electron chi connectivity index (χ0n) is 27.2. The molecule has 0 saturated carbocycles. The summed E-state index contributed by atoms with van der Waals surface area (Å²) in [6.07, 6.45) is 7.89. The van der Waals surface area contributed by atoms with Crippen LogP contribution in [0, 0.1) is 26.0 Å². The van der Waals surface area contributed by atoms with Crippen molar-refractivity contribution in [3.05, 3.63) is 133 Å². The zero-order chi connectivity index (χ0) is 32.5. The van der Waals surface area contributed by atoms with E-state index in [0.29, 0.717) is 0 Å². The Morgan fingerprint density at radius 2 is 0.957 bits per heavy atom. The minimum atomic E-state index is 0. The Morgan fingerprint density at radius 3 is 1.30 bits per heavy atom. The summed E-state index contributed by atoms with van der Waals surface area (Å²) < 4.78 is 10.8. The van der Waals surface area contributed by atoms with E-state index in [9.17, 15) is 0 Å². The van der Waals surface area contributed by atoms with Gasteiger partial charge in [-0.2, -0.15) is 0 Å². The fourth-order valence-corrected chi connectivity index (χ4v) is 6.45. The Balaban J connectivity index is 0.000000208. The van der Waals surface area contributed by atoms with Gasteiger partial charge in [-0.05, 0) is 49.9 Å². The van der Waals surface area contributed by atoms with Crippen molar-refractivity contribution in [1.29, 1.82) is 0 Å². The first-order valence-corrected chi connectivity index (χ1v) is 17.2. The van der Waals surface area contributed by atoms with E-state index in [1.165, 1.54) is 20.9 Å². The Labute approximate surface area is 301 Å². The minimum absolute atomic E-state index is 0. The molecule has 7 heteroatoms. The molecule has 0 atom stereocenters. The summed E-state index contributed by atoms with van der Waals surface area (Å²) >= 11 is 3.47. The van der Waals surface area contributed by atoms with Crippen LogP contribution in [0.1, 0.15) is 11.1 Å². The average Bonchev–Trinajstić information content (AvgIpc) is 3.12. The van der Waals surface area contributed by atoms with E-state index in [2.05, 4.69) is 84.9 Å². The van der Waals surface area contributed by atoms with Gasteiger partial charge in [0.05, 0.1) is 14.2 Å². The van der Waals surface area contributed by atoms with E-state index < -0.39 is 0 Å². The molecule has 0 aliphatic rings. The van der Waals surface area contributed by atoms with E-state index in [4.69, 9.17) is 9.47 Å². The van der Waals surface area contributed by atoms with E-state index in [1.54, 1.807) is 37.7 Å². The Morgan fingerprint density at radius 1 is 0.574 bits per heavy atom. The third kappa shape index (κ3) is 8.37. The fourth-order valence-electron chi connectivity index (χ4n) is 5.26. The van der Waals surface area contributed by atoms with Gasteiger partial charge >= 0.3 is 21.1 Å². The maximum Gasteiger partial charge on any atom is 2.00 e. The largest absolute Gasteiger partial charge is 2.00 e. The van der Waals surface area contributed by atoms with Crippen LogP contribution in [0.2, 0.25) is 0 Å². The summed E-state index contributed by atoms with van der Waals surface area (Å²) in [5.41, 5.74) is 10.7. The molecule has 2 heterocycles. The molecule has 0 aliphatic heterocycles. The van der Waals surface area contributed by atoms with Crippen molar-refractivity contribution in [3.8, 4) is 56.3 Å². The normalized spacial score (nSPS) is 10.3. The van der Waals surface area contributed by atoms with E-state index in [1.807, 2.05) is 73.1 Å². The number of pyridine rings is 2. The van der Waals surface area contributed by atoms with Crippen LogP contribution in [0.5, 0.6) is 11.5 Å². The number of hydrogen-bond donors (Lipinski definition) is 0. The van der Waals surface area contributed by atoms with E-state index in [0.717, 1.165) is 56.3 Å². The van der Waals surface area contributed by atoms with Crippen LogP contribution in [-0.2, 0) is 21.1 Å². The molecule has 6 rings (SSSR count). The summed E-state index contributed by atoms with van der Waals surface area (Å²) in [5, 5.41) is 0. The maximum atomic E-state index is 5.39. The Kier molecular flexibility index (Phi) is 13.3. The van der Waals surface area contributed by atoms with Crippen LogP contribution >= 0.6 is 23.5 Å². The number of aromatic nitrogens is 2. The minimum Gasteiger partial charge on any atom is -0.540 e. The van der Waals surface area contributed by atoms with Gasteiger partial charge in [-0.25, -0.2) is 0 Å². The molecule has 0 N–H and O–H groups in total. The molecular formula is C40H36N2O2PtS2. The van der Waals surface area contributed by atoms with Crippen molar-refractivity contribution in [2.75, 3.05) is 26.7 Å². The topological polar surface area (TPSA) is 44.2 Å². The van der Waals surface area contributed by atoms with Gasteiger partial charge in [-0.1, -0.05) is 106 Å². The van der Waals surface area contributed by atoms with Crippen molar-refractivity contribution in [3.63, 3.8) is 0 Å². The van der Waals surface area contributed by atoms with Crippen molar-refractivity contribution >= 4 is 23.5 Å². The van der Waals surface area contributed by atoms with Crippen molar-refractivity contribution in [1.82, 2.24) is 9.97 Å². The second-order valence-corrected chi connectivity index (χ2v) is 12.1. The van der Waals surface area contributed by atoms with Gasteiger partial charge in [0.2, 0.25) is 0 Å². The molecule has 47 heavy (non-hydrogen) atoms. The number of benzene rings is 4. The number of methoxy groups -OCH3 is 2. The van der Waals surface area contributed by atoms with Crippen LogP contribution < -0.4 is 9.47 Å². The summed E-state index contributed by atoms with van der Waals surface area (Å²) in [4.78, 5) is 11.7. The Hall–Kier alpha value is -3.83. The van der Waals surface area contributed by atoms with Crippen LogP contribution in [-0.4, -0.2) is 36.7 Å². The molecule has 2 aromatic heterocycles. The summed E-state index contributed by atoms with van der Waals surface area (Å²) in [6, 6.07) is 39.3. The quantitative estimate of drug-likeness (QED) is 0.112. The van der Waals surface area contributed by atoms with Crippen molar-refractivity contribution < 1.29 is 30.5 Å². The molecule has 4 nitrogen and oxygen atoms in total. The van der Waals surface area contributed by atoms with E-state index in [-0.39, 0.29) is 21.1 Å². The molecule has 6 aromatic rings. The monoisotopic (exact) mass is 835 g/mol. The number of nitrogens with zero attached hydrogens (tertiary/aromatic N) is 2. The van der Waals surface area contributed by atoms with Gasteiger partial charge in [0.25, 0.3) is 0 Å². The summed E-state index contributed by atoms with van der Waals surface area (Å²) in [6.45, 7) is 4.22. The molecule has 0 unspecified atom stereocenters. The smallest absolute Gasteiger partial charge is 0.540 e. The molecule has 0 bridgehead atoms. The molecule has 0 fully saturated rings. The molecule has 0 amide bonds. The second kappa shape index (κ2) is 17.4. The second-order valence-electron chi connectivity index (χ2n) is 10.4. The van der Waals surface area contributed by atoms with Crippen molar-refractivity contribution in [2.24, 2.45) is 0 Å². The molecular weight excluding hydrogens is 800 g/mol. The molecule has 0 aliphatic carbocycles. The average molecular weight is 836 g/mol. The molecule has 0 spiro atoms. The Bertz CT molecular complexity index is 1780. The third-order valence-electron chi connectivity index (χ3n) is 7.69. The van der Waals surface area contributed by atoms with Crippen LogP contribution in [0.3, 0.4) is 0 Å². The number of ether oxygens (including phenoxy) is 2. The molecule has 0 radical (unpaired) electrons. The van der Waals surface area contributed by atoms with Gasteiger partial charge in [0.1, 0.15) is 0 Å². The van der Waals surface area contributed by atoms with Crippen LogP contribution in [0.4, 0.5) is 0 Å². The number of hydrogen-bond acceptors (Lipinski definition) is 6. The standard InChI is InChI=1S/2C20H18NOS.Pt/c2*1-14-19(23-3)11-12-21-20(14)17-10-9-16(22-2)13-18(17)15-7-5-4-6-8-15;/h2*4-9,11-13H,1-3H3;/q2*-1;+2. The van der Waals surface area contributed by atoms with Crippen LogP contribution in [0.25, 0.3) is 44.8 Å². The predicted molar refractivity (Wildman–Crippen MR) is 194 cm³/mol. The first-order valence-electron chi connectivity index (χ1n) is 14.8. The number of rotatable bonds is 8. The zero-order valence-corrected chi connectivity index (χ0v) is 31.1. The summed E-state index contributed by atoms with van der Waals surface area (Å²) in [5.74, 6) is 1.59. The molecule has 4 aromatic carbocycles. The third-order valence-corrected chi connectivity index (χ3v) is 9.46. The van der Waals surface area contributed by atoms with E-state index >= 15 is 0 Å². The van der Waals surface area contributed by atoms with Gasteiger partial charge in [0, 0.05) is 33.7 Å². The summed E-state index contributed by atoms with van der Waals surface area (Å²) in [7, 11) is 3.35. The first-order chi connectivity index (χ1) is 22.5.